The van der Waals surface area contributed by atoms with E-state index in [1.54, 1.807) is 0 Å². The standard InChI is InChI=1S/C22H30N4O/c1-24-9-4-18(15-24)13-22(27)26-12-7-21(17-26)20-5-10-25(11-6-20)16-19-3-2-8-23-14-19/h2-4,8-9,14-15,20-21H,5-7,10-13,16-17H2,1H3. The fourth-order valence-corrected chi connectivity index (χ4v) is 4.68. The van der Waals surface area contributed by atoms with Crippen molar-refractivity contribution in [2.45, 2.75) is 32.2 Å². The maximum Gasteiger partial charge on any atom is 0.227 e. The summed E-state index contributed by atoms with van der Waals surface area (Å²) in [6.07, 6.45) is 12.1. The summed E-state index contributed by atoms with van der Waals surface area (Å²) in [6.45, 7) is 5.22. The molecule has 0 radical (unpaired) electrons. The summed E-state index contributed by atoms with van der Waals surface area (Å²) in [5.41, 5.74) is 2.42. The maximum atomic E-state index is 12.6. The van der Waals surface area contributed by atoms with Crippen LogP contribution in [0.5, 0.6) is 0 Å². The maximum absolute atomic E-state index is 12.6. The molecule has 2 aliphatic rings. The van der Waals surface area contributed by atoms with E-state index in [0.29, 0.717) is 12.3 Å². The van der Waals surface area contributed by atoms with Crippen LogP contribution in [0, 0.1) is 11.8 Å². The molecule has 2 fully saturated rings. The van der Waals surface area contributed by atoms with E-state index in [-0.39, 0.29) is 5.91 Å². The molecule has 5 heteroatoms. The van der Waals surface area contributed by atoms with E-state index in [1.165, 1.54) is 24.8 Å². The highest BCUT2D eigenvalue weighted by Crippen LogP contribution is 2.32. The van der Waals surface area contributed by atoms with Crippen molar-refractivity contribution < 1.29 is 4.79 Å². The molecule has 0 bridgehead atoms. The number of pyridine rings is 1. The Morgan fingerprint density at radius 1 is 1.11 bits per heavy atom. The summed E-state index contributed by atoms with van der Waals surface area (Å²) >= 11 is 0. The Morgan fingerprint density at radius 3 is 2.63 bits per heavy atom. The van der Waals surface area contributed by atoms with Crippen LogP contribution in [-0.4, -0.2) is 51.4 Å². The number of amides is 1. The van der Waals surface area contributed by atoms with Crippen LogP contribution in [0.25, 0.3) is 0 Å². The molecule has 0 aromatic carbocycles. The number of carbonyl (C=O) groups excluding carboxylic acids is 1. The van der Waals surface area contributed by atoms with Crippen molar-refractivity contribution in [3.05, 3.63) is 54.1 Å². The van der Waals surface area contributed by atoms with Crippen molar-refractivity contribution in [3.63, 3.8) is 0 Å². The molecule has 5 nitrogen and oxygen atoms in total. The molecule has 2 saturated heterocycles. The zero-order chi connectivity index (χ0) is 18.6. The third-order valence-corrected chi connectivity index (χ3v) is 6.25. The number of aryl methyl sites for hydroxylation is 1. The second-order valence-corrected chi connectivity index (χ2v) is 8.23. The summed E-state index contributed by atoms with van der Waals surface area (Å²) in [4.78, 5) is 21.5. The molecule has 1 unspecified atom stereocenters. The second-order valence-electron chi connectivity index (χ2n) is 8.23. The molecule has 2 aromatic heterocycles. The summed E-state index contributed by atoms with van der Waals surface area (Å²) in [5.74, 6) is 1.74. The first-order valence-electron chi connectivity index (χ1n) is 10.2. The number of hydrogen-bond acceptors (Lipinski definition) is 3. The first-order chi connectivity index (χ1) is 13.2. The van der Waals surface area contributed by atoms with Gasteiger partial charge in [0.2, 0.25) is 5.91 Å². The zero-order valence-corrected chi connectivity index (χ0v) is 16.3. The number of aromatic nitrogens is 2. The van der Waals surface area contributed by atoms with Gasteiger partial charge in [-0.15, -0.1) is 0 Å². The third-order valence-electron chi connectivity index (χ3n) is 6.25. The Morgan fingerprint density at radius 2 is 1.93 bits per heavy atom. The van der Waals surface area contributed by atoms with Gasteiger partial charge in [-0.2, -0.15) is 0 Å². The van der Waals surface area contributed by atoms with Gasteiger partial charge in [0, 0.05) is 51.5 Å². The van der Waals surface area contributed by atoms with Crippen molar-refractivity contribution in [1.29, 1.82) is 0 Å². The molecule has 2 aliphatic heterocycles. The number of piperidine rings is 1. The molecule has 144 valence electrons. The van der Waals surface area contributed by atoms with Gasteiger partial charge in [0.05, 0.1) is 6.42 Å². The molecule has 1 amide bonds. The lowest BCUT2D eigenvalue weighted by Gasteiger charge is -2.34. The van der Waals surface area contributed by atoms with E-state index < -0.39 is 0 Å². The normalized spacial score (nSPS) is 21.7. The van der Waals surface area contributed by atoms with Crippen molar-refractivity contribution in [2.24, 2.45) is 18.9 Å². The Hall–Kier alpha value is -2.14. The van der Waals surface area contributed by atoms with E-state index >= 15 is 0 Å². The Labute approximate surface area is 162 Å². The van der Waals surface area contributed by atoms with Crippen LogP contribution in [0.15, 0.2) is 43.0 Å². The van der Waals surface area contributed by atoms with Crippen molar-refractivity contribution in [3.8, 4) is 0 Å². The largest absolute Gasteiger partial charge is 0.357 e. The lowest BCUT2D eigenvalue weighted by Crippen LogP contribution is -2.37. The molecule has 0 N–H and O–H groups in total. The van der Waals surface area contributed by atoms with Crippen LogP contribution in [0.2, 0.25) is 0 Å². The van der Waals surface area contributed by atoms with Crippen molar-refractivity contribution in [1.82, 2.24) is 19.4 Å². The summed E-state index contributed by atoms with van der Waals surface area (Å²) in [6, 6.07) is 6.22. The van der Waals surface area contributed by atoms with Gasteiger partial charge in [-0.1, -0.05) is 6.07 Å². The lowest BCUT2D eigenvalue weighted by atomic mass is 9.83. The van der Waals surface area contributed by atoms with Crippen molar-refractivity contribution >= 4 is 5.91 Å². The molecule has 2 aromatic rings. The number of rotatable bonds is 5. The van der Waals surface area contributed by atoms with Gasteiger partial charge in [-0.05, 0) is 67.4 Å². The fourth-order valence-electron chi connectivity index (χ4n) is 4.68. The van der Waals surface area contributed by atoms with Crippen molar-refractivity contribution in [2.75, 3.05) is 26.2 Å². The van der Waals surface area contributed by atoms with E-state index in [4.69, 9.17) is 0 Å². The molecule has 0 saturated carbocycles. The highest BCUT2D eigenvalue weighted by molar-refractivity contribution is 5.79. The Balaban J connectivity index is 1.23. The number of hydrogen-bond donors (Lipinski definition) is 0. The monoisotopic (exact) mass is 366 g/mol. The van der Waals surface area contributed by atoms with Gasteiger partial charge in [-0.25, -0.2) is 0 Å². The topological polar surface area (TPSA) is 41.4 Å². The highest BCUT2D eigenvalue weighted by Gasteiger charge is 2.33. The molecule has 4 heterocycles. The van der Waals surface area contributed by atoms with Crippen LogP contribution >= 0.6 is 0 Å². The number of nitrogens with zero attached hydrogens (tertiary/aromatic N) is 4. The highest BCUT2D eigenvalue weighted by atomic mass is 16.2. The quantitative estimate of drug-likeness (QED) is 0.817. The lowest BCUT2D eigenvalue weighted by molar-refractivity contribution is -0.129. The minimum Gasteiger partial charge on any atom is -0.357 e. The van der Waals surface area contributed by atoms with Crippen LogP contribution in [0.3, 0.4) is 0 Å². The molecule has 4 rings (SSSR count). The molecular weight excluding hydrogens is 336 g/mol. The molecule has 27 heavy (non-hydrogen) atoms. The molecule has 0 spiro atoms. The van der Waals surface area contributed by atoms with E-state index in [9.17, 15) is 4.79 Å². The smallest absolute Gasteiger partial charge is 0.227 e. The summed E-state index contributed by atoms with van der Waals surface area (Å²) < 4.78 is 2.01. The van der Waals surface area contributed by atoms with Crippen LogP contribution in [-0.2, 0) is 24.8 Å². The van der Waals surface area contributed by atoms with Gasteiger partial charge < -0.3 is 9.47 Å². The van der Waals surface area contributed by atoms with Gasteiger partial charge >= 0.3 is 0 Å². The Bertz CT molecular complexity index is 749. The first kappa shape index (κ1) is 18.2. The zero-order valence-electron chi connectivity index (χ0n) is 16.3. The minimum absolute atomic E-state index is 0.290. The van der Waals surface area contributed by atoms with E-state index in [0.717, 1.165) is 44.2 Å². The van der Waals surface area contributed by atoms with Gasteiger partial charge in [-0.3, -0.25) is 14.7 Å². The van der Waals surface area contributed by atoms with Gasteiger partial charge in [0.15, 0.2) is 0 Å². The average Bonchev–Trinajstić information content (AvgIpc) is 3.33. The SMILES string of the molecule is Cn1ccc(CC(=O)N2CCC(C3CCN(Cc4cccnc4)CC3)C2)c1. The minimum atomic E-state index is 0.290. The van der Waals surface area contributed by atoms with Gasteiger partial charge in [0.25, 0.3) is 0 Å². The molecular formula is C22H30N4O. The van der Waals surface area contributed by atoms with Gasteiger partial charge in [0.1, 0.15) is 0 Å². The first-order valence-corrected chi connectivity index (χ1v) is 10.2. The number of carbonyl (C=O) groups is 1. The third kappa shape index (κ3) is 4.59. The molecule has 0 aliphatic carbocycles. The number of likely N-dealkylation sites (tertiary alicyclic amines) is 2. The fraction of sp³-hybridized carbons (Fsp3) is 0.545. The van der Waals surface area contributed by atoms with E-state index in [1.807, 2.05) is 48.5 Å². The molecule has 1 atom stereocenters. The van der Waals surface area contributed by atoms with Crippen LogP contribution in [0.1, 0.15) is 30.4 Å². The van der Waals surface area contributed by atoms with E-state index in [2.05, 4.69) is 20.9 Å². The predicted octanol–water partition coefficient (Wildman–Crippen LogP) is 2.72. The summed E-state index contributed by atoms with van der Waals surface area (Å²) in [7, 11) is 2.00. The summed E-state index contributed by atoms with van der Waals surface area (Å²) in [5, 5.41) is 0. The predicted molar refractivity (Wildman–Crippen MR) is 106 cm³/mol. The second kappa shape index (κ2) is 8.26. The Kier molecular flexibility index (Phi) is 5.58. The van der Waals surface area contributed by atoms with Crippen LogP contribution in [0.4, 0.5) is 0 Å². The average molecular weight is 367 g/mol. The van der Waals surface area contributed by atoms with Crippen LogP contribution < -0.4 is 0 Å².